The number of ether oxygens (including phenoxy) is 2. The first kappa shape index (κ1) is 21.4. The minimum atomic E-state index is -0.171. The highest BCUT2D eigenvalue weighted by molar-refractivity contribution is 6.07. The average Bonchev–Trinajstić information content (AvgIpc) is 2.84. The molecule has 0 saturated carbocycles. The lowest BCUT2D eigenvalue weighted by molar-refractivity contribution is 0.102. The highest BCUT2D eigenvalue weighted by atomic mass is 16.5. The second-order valence-corrected chi connectivity index (χ2v) is 7.41. The number of nitrogens with zero attached hydrogens (tertiary/aromatic N) is 1. The summed E-state index contributed by atoms with van der Waals surface area (Å²) in [6.07, 6.45) is 0.962. The number of aromatic nitrogens is 1. The monoisotopic (exact) mass is 426 g/mol. The first-order valence-corrected chi connectivity index (χ1v) is 10.7. The van der Waals surface area contributed by atoms with Crippen LogP contribution in [0.25, 0.3) is 22.2 Å². The number of rotatable bonds is 7. The maximum Gasteiger partial charge on any atom is 0.255 e. The second-order valence-electron chi connectivity index (χ2n) is 7.41. The van der Waals surface area contributed by atoms with Crippen molar-refractivity contribution in [1.29, 1.82) is 0 Å². The summed E-state index contributed by atoms with van der Waals surface area (Å²) in [7, 11) is 1.64. The van der Waals surface area contributed by atoms with Crippen LogP contribution in [0.4, 0.5) is 5.69 Å². The van der Waals surface area contributed by atoms with E-state index < -0.39 is 0 Å². The molecule has 0 aliphatic heterocycles. The number of hydrogen-bond donors (Lipinski definition) is 1. The van der Waals surface area contributed by atoms with Gasteiger partial charge in [-0.1, -0.05) is 31.2 Å². The molecular weight excluding hydrogens is 400 g/mol. The van der Waals surface area contributed by atoms with Gasteiger partial charge in [0.25, 0.3) is 5.91 Å². The number of anilines is 1. The molecule has 1 aromatic heterocycles. The third kappa shape index (κ3) is 4.57. The van der Waals surface area contributed by atoms with E-state index in [1.807, 2.05) is 73.7 Å². The summed E-state index contributed by atoms with van der Waals surface area (Å²) in [4.78, 5) is 17.7. The van der Waals surface area contributed by atoms with E-state index in [4.69, 9.17) is 14.5 Å². The Labute approximate surface area is 188 Å². The molecule has 1 N–H and O–H groups in total. The maximum absolute atomic E-state index is 12.9. The van der Waals surface area contributed by atoms with E-state index in [1.165, 1.54) is 5.56 Å². The molecule has 0 radical (unpaired) electrons. The average molecular weight is 427 g/mol. The molecule has 4 aromatic rings. The highest BCUT2D eigenvalue weighted by Gasteiger charge is 2.13. The predicted octanol–water partition coefficient (Wildman–Crippen LogP) is 6.12. The van der Waals surface area contributed by atoms with Crippen LogP contribution in [0.3, 0.4) is 0 Å². The number of benzene rings is 3. The highest BCUT2D eigenvalue weighted by Crippen LogP contribution is 2.32. The van der Waals surface area contributed by atoms with Crippen LogP contribution in [0, 0.1) is 0 Å². The summed E-state index contributed by atoms with van der Waals surface area (Å²) in [5.41, 5.74) is 5.03. The fourth-order valence-electron chi connectivity index (χ4n) is 3.57. The molecule has 0 aliphatic carbocycles. The van der Waals surface area contributed by atoms with Gasteiger partial charge in [0.2, 0.25) is 0 Å². The lowest BCUT2D eigenvalue weighted by atomic mass is 10.1. The van der Waals surface area contributed by atoms with Crippen molar-refractivity contribution >= 4 is 22.5 Å². The van der Waals surface area contributed by atoms with Gasteiger partial charge in [0.15, 0.2) is 0 Å². The van der Waals surface area contributed by atoms with Gasteiger partial charge in [0.1, 0.15) is 11.5 Å². The zero-order chi connectivity index (χ0) is 22.5. The Kier molecular flexibility index (Phi) is 6.36. The zero-order valence-electron chi connectivity index (χ0n) is 18.5. The Morgan fingerprint density at radius 2 is 1.78 bits per heavy atom. The van der Waals surface area contributed by atoms with Crippen molar-refractivity contribution in [3.8, 4) is 22.8 Å². The molecule has 32 heavy (non-hydrogen) atoms. The molecule has 0 saturated heterocycles. The molecule has 5 heteroatoms. The van der Waals surface area contributed by atoms with Crippen molar-refractivity contribution in [1.82, 2.24) is 4.98 Å². The summed E-state index contributed by atoms with van der Waals surface area (Å²) < 4.78 is 11.3. The first-order valence-electron chi connectivity index (χ1n) is 10.7. The van der Waals surface area contributed by atoms with Crippen molar-refractivity contribution in [3.05, 3.63) is 83.9 Å². The number of amides is 1. The Morgan fingerprint density at radius 3 is 2.50 bits per heavy atom. The molecule has 1 amide bonds. The SMILES string of the molecule is CCOc1cc(-c2cccc(OC)c2)nc2ccc(C(=O)Nc3ccc(CC)cc3)cc12. The van der Waals surface area contributed by atoms with Gasteiger partial charge in [-0.3, -0.25) is 4.79 Å². The van der Waals surface area contributed by atoms with E-state index in [1.54, 1.807) is 13.2 Å². The Hall–Kier alpha value is -3.86. The first-order chi connectivity index (χ1) is 15.6. The van der Waals surface area contributed by atoms with E-state index in [9.17, 15) is 4.79 Å². The summed E-state index contributed by atoms with van der Waals surface area (Å²) in [6, 6.07) is 23.0. The topological polar surface area (TPSA) is 60.5 Å². The Bertz CT molecular complexity index is 1250. The molecule has 0 aliphatic rings. The van der Waals surface area contributed by atoms with Crippen molar-refractivity contribution in [2.75, 3.05) is 19.0 Å². The number of carbonyl (C=O) groups excluding carboxylic acids is 1. The number of aryl methyl sites for hydroxylation is 1. The standard InChI is InChI=1S/C27H26N2O3/c1-4-18-9-12-21(13-10-18)28-27(30)20-11-14-24-23(16-20)26(32-5-2)17-25(29-24)19-7-6-8-22(15-19)31-3/h6-17H,4-5H2,1-3H3,(H,28,30). The van der Waals surface area contributed by atoms with Crippen LogP contribution in [0.5, 0.6) is 11.5 Å². The smallest absolute Gasteiger partial charge is 0.255 e. The van der Waals surface area contributed by atoms with Crippen molar-refractivity contribution < 1.29 is 14.3 Å². The normalized spacial score (nSPS) is 10.7. The van der Waals surface area contributed by atoms with Crippen LogP contribution in [-0.2, 0) is 6.42 Å². The lowest BCUT2D eigenvalue weighted by Crippen LogP contribution is -2.12. The Balaban J connectivity index is 1.69. The van der Waals surface area contributed by atoms with Gasteiger partial charge in [-0.05, 0) is 61.4 Å². The molecule has 0 spiro atoms. The van der Waals surface area contributed by atoms with Crippen LogP contribution in [0.15, 0.2) is 72.8 Å². The number of carbonyl (C=O) groups is 1. The Morgan fingerprint density at radius 1 is 0.969 bits per heavy atom. The summed E-state index contributed by atoms with van der Waals surface area (Å²) >= 11 is 0. The number of nitrogens with one attached hydrogen (secondary N) is 1. The summed E-state index contributed by atoms with van der Waals surface area (Å²) in [5.74, 6) is 1.29. The molecule has 0 unspecified atom stereocenters. The molecule has 4 rings (SSSR count). The van der Waals surface area contributed by atoms with E-state index >= 15 is 0 Å². The number of hydrogen-bond acceptors (Lipinski definition) is 4. The van der Waals surface area contributed by atoms with Crippen LogP contribution in [-0.4, -0.2) is 24.6 Å². The fraction of sp³-hybridized carbons (Fsp3) is 0.185. The van der Waals surface area contributed by atoms with E-state index in [-0.39, 0.29) is 5.91 Å². The minimum Gasteiger partial charge on any atom is -0.497 e. The van der Waals surface area contributed by atoms with Gasteiger partial charge in [0, 0.05) is 28.3 Å². The van der Waals surface area contributed by atoms with Crippen LogP contribution in [0.2, 0.25) is 0 Å². The van der Waals surface area contributed by atoms with E-state index in [0.29, 0.717) is 17.9 Å². The van der Waals surface area contributed by atoms with Gasteiger partial charge in [-0.15, -0.1) is 0 Å². The van der Waals surface area contributed by atoms with E-state index in [2.05, 4.69) is 12.2 Å². The third-order valence-electron chi connectivity index (χ3n) is 5.32. The zero-order valence-corrected chi connectivity index (χ0v) is 18.5. The van der Waals surface area contributed by atoms with Gasteiger partial charge >= 0.3 is 0 Å². The summed E-state index contributed by atoms with van der Waals surface area (Å²) in [5, 5.41) is 3.76. The van der Waals surface area contributed by atoms with Crippen LogP contribution in [0.1, 0.15) is 29.8 Å². The predicted molar refractivity (Wildman–Crippen MR) is 129 cm³/mol. The van der Waals surface area contributed by atoms with Gasteiger partial charge in [-0.2, -0.15) is 0 Å². The third-order valence-corrected chi connectivity index (χ3v) is 5.32. The van der Waals surface area contributed by atoms with Gasteiger partial charge < -0.3 is 14.8 Å². The molecule has 1 heterocycles. The fourth-order valence-corrected chi connectivity index (χ4v) is 3.57. The number of pyridine rings is 1. The number of methoxy groups -OCH3 is 1. The second kappa shape index (κ2) is 9.52. The van der Waals surface area contributed by atoms with Crippen molar-refractivity contribution in [2.24, 2.45) is 0 Å². The summed E-state index contributed by atoms with van der Waals surface area (Å²) in [6.45, 7) is 4.55. The minimum absolute atomic E-state index is 0.171. The molecule has 5 nitrogen and oxygen atoms in total. The van der Waals surface area contributed by atoms with Crippen LogP contribution < -0.4 is 14.8 Å². The number of fused-ring (bicyclic) bond motifs is 1. The molecule has 0 atom stereocenters. The van der Waals surface area contributed by atoms with Crippen molar-refractivity contribution in [3.63, 3.8) is 0 Å². The van der Waals surface area contributed by atoms with Crippen LogP contribution >= 0.6 is 0 Å². The molecule has 0 fully saturated rings. The van der Waals surface area contributed by atoms with E-state index in [0.717, 1.165) is 40.0 Å². The maximum atomic E-state index is 12.9. The van der Waals surface area contributed by atoms with Gasteiger partial charge in [-0.25, -0.2) is 4.98 Å². The largest absolute Gasteiger partial charge is 0.497 e. The molecule has 162 valence electrons. The lowest BCUT2D eigenvalue weighted by Gasteiger charge is -2.12. The molecule has 3 aromatic carbocycles. The molecular formula is C27H26N2O3. The van der Waals surface area contributed by atoms with Gasteiger partial charge in [0.05, 0.1) is 24.9 Å². The molecule has 0 bridgehead atoms. The quantitative estimate of drug-likeness (QED) is 0.386. The van der Waals surface area contributed by atoms with Crippen molar-refractivity contribution in [2.45, 2.75) is 20.3 Å².